The van der Waals surface area contributed by atoms with E-state index in [1.165, 1.54) is 0 Å². The summed E-state index contributed by atoms with van der Waals surface area (Å²) in [7, 11) is 0. The molecule has 4 rings (SSSR count). The van der Waals surface area contributed by atoms with Crippen LogP contribution in [0.1, 0.15) is 50.4 Å². The topological polar surface area (TPSA) is 93.8 Å². The van der Waals surface area contributed by atoms with Gasteiger partial charge in [-0.15, -0.1) is 0 Å². The van der Waals surface area contributed by atoms with Gasteiger partial charge in [0.25, 0.3) is 5.91 Å². The Balaban J connectivity index is 1.85. The minimum atomic E-state index is -0.327. The van der Waals surface area contributed by atoms with Crippen LogP contribution in [0.4, 0.5) is 5.82 Å². The summed E-state index contributed by atoms with van der Waals surface area (Å²) in [6.07, 6.45) is 2.85. The monoisotopic (exact) mass is 421 g/mol. The molecule has 3 aliphatic heterocycles. The number of hydrogen-bond acceptors (Lipinski definition) is 8. The number of anilines is 1. The highest BCUT2D eigenvalue weighted by molar-refractivity contribution is 7.99. The predicted molar refractivity (Wildman–Crippen MR) is 114 cm³/mol. The van der Waals surface area contributed by atoms with Crippen molar-refractivity contribution < 1.29 is 14.3 Å². The van der Waals surface area contributed by atoms with E-state index in [4.69, 9.17) is 25.2 Å². The van der Waals surface area contributed by atoms with Gasteiger partial charge < -0.3 is 25.0 Å². The number of morpholine rings is 1. The molecule has 8 nitrogen and oxygen atoms in total. The van der Waals surface area contributed by atoms with Gasteiger partial charge in [0.2, 0.25) is 5.82 Å². The summed E-state index contributed by atoms with van der Waals surface area (Å²) in [5, 5.41) is 0. The van der Waals surface area contributed by atoms with Crippen LogP contribution in [-0.4, -0.2) is 77.6 Å². The highest BCUT2D eigenvalue weighted by Crippen LogP contribution is 2.47. The van der Waals surface area contributed by atoms with Crippen LogP contribution >= 0.6 is 11.8 Å². The van der Waals surface area contributed by atoms with Gasteiger partial charge in [-0.2, -0.15) is 11.8 Å². The van der Waals surface area contributed by atoms with Crippen molar-refractivity contribution >= 4 is 23.5 Å². The third-order valence-corrected chi connectivity index (χ3v) is 7.40. The first-order chi connectivity index (χ1) is 13.7. The van der Waals surface area contributed by atoms with E-state index in [0.717, 1.165) is 12.1 Å². The summed E-state index contributed by atoms with van der Waals surface area (Å²) >= 11 is 1.68. The largest absolute Gasteiger partial charge is 0.485 e. The molecule has 4 heterocycles. The van der Waals surface area contributed by atoms with Crippen molar-refractivity contribution in [3.8, 4) is 5.75 Å². The molecule has 0 spiro atoms. The van der Waals surface area contributed by atoms with E-state index < -0.39 is 0 Å². The van der Waals surface area contributed by atoms with Gasteiger partial charge in [0, 0.05) is 19.1 Å². The first-order valence-corrected chi connectivity index (χ1v) is 11.4. The van der Waals surface area contributed by atoms with Crippen molar-refractivity contribution in [3.05, 3.63) is 11.5 Å². The zero-order chi connectivity index (χ0) is 21.0. The molecule has 160 valence electrons. The zero-order valence-electron chi connectivity index (χ0n) is 17.9. The predicted octanol–water partition coefficient (Wildman–Crippen LogP) is 1.62. The molecule has 0 aromatic carbocycles. The number of hydrogen-bond donors (Lipinski definition) is 1. The number of rotatable bonds is 3. The third-order valence-electron chi connectivity index (χ3n) is 6.18. The van der Waals surface area contributed by atoms with E-state index >= 15 is 0 Å². The second-order valence-corrected chi connectivity index (χ2v) is 10.5. The Morgan fingerprint density at radius 3 is 2.76 bits per heavy atom. The fraction of sp³-hybridized carbons (Fsp3) is 0.750. The lowest BCUT2D eigenvalue weighted by molar-refractivity contribution is 0.00695. The first-order valence-electron chi connectivity index (χ1n) is 10.2. The molecule has 0 radical (unpaired) electrons. The van der Waals surface area contributed by atoms with E-state index in [0.29, 0.717) is 44.5 Å². The Labute approximate surface area is 176 Å². The maximum absolute atomic E-state index is 13.2. The van der Waals surface area contributed by atoms with Crippen molar-refractivity contribution in [1.82, 2.24) is 14.9 Å². The fourth-order valence-corrected chi connectivity index (χ4v) is 4.71. The van der Waals surface area contributed by atoms with E-state index in [-0.39, 0.29) is 34.1 Å². The van der Waals surface area contributed by atoms with Gasteiger partial charge in [-0.3, -0.25) is 4.79 Å². The maximum Gasteiger partial charge on any atom is 0.291 e. The van der Waals surface area contributed by atoms with Crippen molar-refractivity contribution in [3.63, 3.8) is 0 Å². The molecule has 0 bridgehead atoms. The van der Waals surface area contributed by atoms with Crippen LogP contribution in [0.3, 0.4) is 0 Å². The number of fused-ring (bicyclic) bond motifs is 3. The minimum absolute atomic E-state index is 0.0181. The number of thioether (sulfide) groups is 1. The van der Waals surface area contributed by atoms with Crippen molar-refractivity contribution in [2.24, 2.45) is 5.73 Å². The van der Waals surface area contributed by atoms with E-state index in [2.05, 4.69) is 32.6 Å². The highest BCUT2D eigenvalue weighted by Gasteiger charge is 2.47. The molecular weight excluding hydrogens is 390 g/mol. The molecule has 3 atom stereocenters. The van der Waals surface area contributed by atoms with Gasteiger partial charge in [0.1, 0.15) is 12.3 Å². The van der Waals surface area contributed by atoms with Crippen LogP contribution < -0.4 is 15.4 Å². The molecule has 3 aliphatic rings. The Hall–Kier alpha value is -1.58. The van der Waals surface area contributed by atoms with Crippen LogP contribution in [0.15, 0.2) is 0 Å². The number of likely N-dealkylation sites (tertiary alicyclic amines) is 1. The molecule has 2 saturated heterocycles. The number of ether oxygens (including phenoxy) is 2. The zero-order valence-corrected chi connectivity index (χ0v) is 18.7. The number of carbonyl (C=O) groups excluding carboxylic acids is 1. The van der Waals surface area contributed by atoms with Crippen LogP contribution in [0, 0.1) is 0 Å². The summed E-state index contributed by atoms with van der Waals surface area (Å²) in [6.45, 7) is 11.3. The van der Waals surface area contributed by atoms with Crippen molar-refractivity contribution in [2.75, 3.05) is 44.1 Å². The van der Waals surface area contributed by atoms with Crippen LogP contribution in [0.2, 0.25) is 0 Å². The smallest absolute Gasteiger partial charge is 0.291 e. The van der Waals surface area contributed by atoms with Gasteiger partial charge in [-0.05, 0) is 40.4 Å². The number of aromatic nitrogens is 2. The van der Waals surface area contributed by atoms with E-state index in [9.17, 15) is 4.79 Å². The van der Waals surface area contributed by atoms with Gasteiger partial charge in [-0.25, -0.2) is 9.97 Å². The van der Waals surface area contributed by atoms with Crippen LogP contribution in [0.25, 0.3) is 0 Å². The first kappa shape index (κ1) is 20.7. The summed E-state index contributed by atoms with van der Waals surface area (Å²) < 4.78 is 11.7. The molecule has 0 saturated carbocycles. The molecule has 0 aliphatic carbocycles. The summed E-state index contributed by atoms with van der Waals surface area (Å²) in [5.41, 5.74) is 6.46. The lowest BCUT2D eigenvalue weighted by atomic mass is 9.95. The SMILES string of the molecule is CSC(C)(C)c1nc(C(=O)N2CC[C@@H](N)C2)nc2c1OC[C@]1(C)COC[C@@H](C)N21. The molecule has 29 heavy (non-hydrogen) atoms. The molecule has 1 aromatic rings. The van der Waals surface area contributed by atoms with Gasteiger partial charge in [0.05, 0.1) is 29.5 Å². The standard InChI is InChI=1S/C20H31N5O3S/c1-12-9-27-10-20(4)11-28-14-15(19(2,3)29-5)22-16(23-17(14)25(12)20)18(26)24-7-6-13(21)8-24/h12-13H,6-11,21H2,1-5H3/t12-,13-,20+/m1/s1. The lowest BCUT2D eigenvalue weighted by Crippen LogP contribution is -2.64. The number of amides is 1. The van der Waals surface area contributed by atoms with Gasteiger partial charge >= 0.3 is 0 Å². The van der Waals surface area contributed by atoms with Gasteiger partial charge in [0.15, 0.2) is 11.6 Å². The summed E-state index contributed by atoms with van der Waals surface area (Å²) in [4.78, 5) is 26.7. The fourth-order valence-electron chi connectivity index (χ4n) is 4.38. The average Bonchev–Trinajstić information content (AvgIpc) is 3.12. The second kappa shape index (κ2) is 7.28. The number of nitrogens with zero attached hydrogens (tertiary/aromatic N) is 4. The Kier molecular flexibility index (Phi) is 5.19. The summed E-state index contributed by atoms with van der Waals surface area (Å²) in [6, 6.07) is 0.143. The third kappa shape index (κ3) is 3.47. The quantitative estimate of drug-likeness (QED) is 0.787. The van der Waals surface area contributed by atoms with Crippen molar-refractivity contribution in [2.45, 2.75) is 56.5 Å². The molecule has 9 heteroatoms. The Morgan fingerprint density at radius 2 is 2.10 bits per heavy atom. The minimum Gasteiger partial charge on any atom is -0.485 e. The molecule has 1 aromatic heterocycles. The highest BCUT2D eigenvalue weighted by atomic mass is 32.2. The molecular formula is C20H31N5O3S. The molecule has 1 amide bonds. The maximum atomic E-state index is 13.2. The van der Waals surface area contributed by atoms with Crippen LogP contribution in [0.5, 0.6) is 5.75 Å². The number of carbonyl (C=O) groups is 1. The van der Waals surface area contributed by atoms with E-state index in [1.54, 1.807) is 16.7 Å². The van der Waals surface area contributed by atoms with E-state index in [1.807, 2.05) is 6.26 Å². The normalized spacial score (nSPS) is 29.3. The van der Waals surface area contributed by atoms with Gasteiger partial charge in [-0.1, -0.05) is 0 Å². The second-order valence-electron chi connectivity index (χ2n) is 9.08. The molecule has 2 N–H and O–H groups in total. The molecule has 2 fully saturated rings. The average molecular weight is 422 g/mol. The number of nitrogens with two attached hydrogens (primary N) is 1. The molecule has 0 unspecified atom stereocenters. The Bertz CT molecular complexity index is 820. The van der Waals surface area contributed by atoms with Crippen molar-refractivity contribution in [1.29, 1.82) is 0 Å². The van der Waals surface area contributed by atoms with Crippen LogP contribution in [-0.2, 0) is 9.48 Å². The Morgan fingerprint density at radius 1 is 1.34 bits per heavy atom. The summed E-state index contributed by atoms with van der Waals surface area (Å²) in [5.74, 6) is 1.45. The lowest BCUT2D eigenvalue weighted by Gasteiger charge is -2.52.